The van der Waals surface area contributed by atoms with Gasteiger partial charge < -0.3 is 20.6 Å². The van der Waals surface area contributed by atoms with E-state index in [1.165, 1.54) is 17.3 Å². The number of amidine groups is 1. The number of aromatic nitrogens is 10. The second-order valence-corrected chi connectivity index (χ2v) is 13.1. The molecule has 9 rings (SSSR count). The molecule has 0 bridgehead atoms. The van der Waals surface area contributed by atoms with Crippen molar-refractivity contribution in [1.82, 2.24) is 59.5 Å². The molecule has 0 atom stereocenters. The Kier molecular flexibility index (Phi) is 13.7. The Morgan fingerprint density at radius 1 is 0.767 bits per heavy atom. The standard InChI is InChI=1S/C21H18N8O.C17H17ClN8.2C2H6/c1-13-6-5-9-15-17(13)21(30)29(28-14-7-3-2-4-8-14)16(27-15)10-22-19-18-20(24-11-23-18)26-12-25-19;1-10-14-11(18)5-4-6-12(14)24-13(26(10)25(2)3)7-19-16-15-17(21-8-20-15)23-9-22-16;2*1-2/h2-9,11-12,28H,10H2,1H3,(H2,22,23,24,25,26);4-6,8-9H,1,7H2,2-3H3,(H2,19,20,21,22,23);2*1-2H3. The van der Waals surface area contributed by atoms with E-state index >= 15 is 0 Å². The molecular weight excluding hydrogens is 780 g/mol. The van der Waals surface area contributed by atoms with Crippen molar-refractivity contribution in [3.63, 3.8) is 0 Å². The Bertz CT molecular complexity index is 2810. The molecule has 0 saturated heterocycles. The fourth-order valence-corrected chi connectivity index (χ4v) is 6.65. The molecule has 0 saturated carbocycles. The quantitative estimate of drug-likeness (QED) is 0.0945. The number of H-pyrrole nitrogens is 2. The first-order valence-corrected chi connectivity index (χ1v) is 19.8. The number of halogens is 1. The smallest absolute Gasteiger partial charge is 0.280 e. The highest BCUT2D eigenvalue weighted by Crippen LogP contribution is 2.38. The monoisotopic (exact) mass is 826 g/mol. The number of hydrogen-bond donors (Lipinski definition) is 5. The summed E-state index contributed by atoms with van der Waals surface area (Å²) in [7, 11) is 3.86. The van der Waals surface area contributed by atoms with Gasteiger partial charge in [0.25, 0.3) is 5.56 Å². The van der Waals surface area contributed by atoms with Gasteiger partial charge in [0.05, 0.1) is 58.7 Å². The second kappa shape index (κ2) is 19.5. The molecule has 8 aromatic rings. The van der Waals surface area contributed by atoms with E-state index < -0.39 is 0 Å². The molecular formula is C42H47ClN16O. The van der Waals surface area contributed by atoms with Gasteiger partial charge >= 0.3 is 0 Å². The molecule has 5 aromatic heterocycles. The van der Waals surface area contributed by atoms with Crippen molar-refractivity contribution in [3.05, 3.63) is 131 Å². The minimum Gasteiger partial charge on any atom is -0.361 e. The summed E-state index contributed by atoms with van der Waals surface area (Å²) in [5, 5.41) is 11.6. The normalized spacial score (nSPS) is 11.8. The van der Waals surface area contributed by atoms with Gasteiger partial charge in [0.15, 0.2) is 28.8 Å². The molecule has 0 fully saturated rings. The first-order valence-electron chi connectivity index (χ1n) is 19.4. The minimum atomic E-state index is -0.159. The number of rotatable bonds is 9. The fourth-order valence-electron chi connectivity index (χ4n) is 6.37. The Morgan fingerprint density at radius 3 is 2.02 bits per heavy atom. The first kappa shape index (κ1) is 42.4. The predicted molar refractivity (Wildman–Crippen MR) is 241 cm³/mol. The third-order valence-corrected chi connectivity index (χ3v) is 9.21. The van der Waals surface area contributed by atoms with Crippen LogP contribution >= 0.6 is 11.6 Å². The number of aromatic amines is 2. The Hall–Kier alpha value is -7.24. The maximum Gasteiger partial charge on any atom is 0.280 e. The van der Waals surface area contributed by atoms with Gasteiger partial charge in [-0.2, -0.15) is 0 Å². The van der Waals surface area contributed by atoms with E-state index in [0.29, 0.717) is 56.7 Å². The van der Waals surface area contributed by atoms with Crippen LogP contribution in [0.1, 0.15) is 44.6 Å². The van der Waals surface area contributed by atoms with Gasteiger partial charge in [0.2, 0.25) is 0 Å². The maximum atomic E-state index is 13.3. The summed E-state index contributed by atoms with van der Waals surface area (Å²) in [6.45, 7) is 14.8. The molecule has 0 spiro atoms. The van der Waals surface area contributed by atoms with Crippen molar-refractivity contribution in [2.45, 2.75) is 41.2 Å². The number of fused-ring (bicyclic) bond motifs is 4. The van der Waals surface area contributed by atoms with Crippen LogP contribution in [-0.4, -0.2) is 86.0 Å². The minimum absolute atomic E-state index is 0.159. The average Bonchev–Trinajstić information content (AvgIpc) is 3.96. The number of aryl methyl sites for hydroxylation is 1. The first-order chi connectivity index (χ1) is 29.3. The summed E-state index contributed by atoms with van der Waals surface area (Å²) in [6.07, 6.45) is 6.08. The number of anilines is 3. The third kappa shape index (κ3) is 8.91. The number of para-hydroxylation sites is 1. The van der Waals surface area contributed by atoms with Crippen LogP contribution in [0.25, 0.3) is 38.9 Å². The largest absolute Gasteiger partial charge is 0.361 e. The van der Waals surface area contributed by atoms with Crippen LogP contribution in [0.3, 0.4) is 0 Å². The zero-order valence-electron chi connectivity index (χ0n) is 34.5. The number of nitrogens with zero attached hydrogens (tertiary/aromatic N) is 11. The van der Waals surface area contributed by atoms with Gasteiger partial charge in [-0.3, -0.25) is 15.2 Å². The molecule has 308 valence electrons. The van der Waals surface area contributed by atoms with Crippen LogP contribution in [0.2, 0.25) is 5.02 Å². The zero-order valence-corrected chi connectivity index (χ0v) is 35.2. The zero-order chi connectivity index (χ0) is 42.8. The van der Waals surface area contributed by atoms with E-state index in [1.807, 2.05) is 125 Å². The predicted octanol–water partition coefficient (Wildman–Crippen LogP) is 7.82. The molecule has 5 N–H and O–H groups in total. The van der Waals surface area contributed by atoms with E-state index in [4.69, 9.17) is 21.6 Å². The maximum absolute atomic E-state index is 13.3. The molecule has 1 aliphatic heterocycles. The molecule has 6 heterocycles. The molecule has 0 radical (unpaired) electrons. The molecule has 18 heteroatoms. The summed E-state index contributed by atoms with van der Waals surface area (Å²) in [5.41, 5.74) is 10.4. The molecule has 60 heavy (non-hydrogen) atoms. The fraction of sp³-hybridized carbons (Fsp3) is 0.214. The van der Waals surface area contributed by atoms with E-state index in [0.717, 1.165) is 39.6 Å². The number of imidazole rings is 2. The Labute approximate surface area is 351 Å². The lowest BCUT2D eigenvalue weighted by Gasteiger charge is -2.37. The van der Waals surface area contributed by atoms with E-state index in [9.17, 15) is 4.79 Å². The highest BCUT2D eigenvalue weighted by molar-refractivity contribution is 6.33. The van der Waals surface area contributed by atoms with Gasteiger partial charge in [-0.05, 0) is 42.8 Å². The van der Waals surface area contributed by atoms with Crippen LogP contribution in [0, 0.1) is 6.92 Å². The molecule has 17 nitrogen and oxygen atoms in total. The molecule has 1 aliphatic rings. The molecule has 0 aliphatic carbocycles. The number of aliphatic imine (C=N–C) groups is 1. The topological polar surface area (TPSA) is 199 Å². The average molecular weight is 827 g/mol. The SMILES string of the molecule is C=C1c2c(Cl)cccc2N=C(CNc2ncnc3nc[nH]c23)N1N(C)C.CC.CC.Cc1cccc2nc(CNc3ncnc4nc[nH]c34)n(Nc3ccccc3)c(=O)c12. The van der Waals surface area contributed by atoms with Gasteiger partial charge in [-0.25, -0.2) is 49.6 Å². The van der Waals surface area contributed by atoms with Crippen LogP contribution in [0.5, 0.6) is 0 Å². The molecule has 0 unspecified atom stereocenters. The van der Waals surface area contributed by atoms with Crippen molar-refractivity contribution in [2.75, 3.05) is 36.7 Å². The van der Waals surface area contributed by atoms with Crippen molar-refractivity contribution in [2.24, 2.45) is 4.99 Å². The van der Waals surface area contributed by atoms with Crippen LogP contribution in [-0.2, 0) is 6.54 Å². The Morgan fingerprint density at radius 2 is 1.38 bits per heavy atom. The molecule has 3 aromatic carbocycles. The van der Waals surface area contributed by atoms with Crippen molar-refractivity contribution in [1.29, 1.82) is 0 Å². The summed E-state index contributed by atoms with van der Waals surface area (Å²) in [4.78, 5) is 54.0. The third-order valence-electron chi connectivity index (χ3n) is 8.89. The summed E-state index contributed by atoms with van der Waals surface area (Å²) < 4.78 is 1.48. The summed E-state index contributed by atoms with van der Waals surface area (Å²) >= 11 is 6.36. The van der Waals surface area contributed by atoms with E-state index in [-0.39, 0.29) is 12.1 Å². The van der Waals surface area contributed by atoms with Crippen LogP contribution in [0.4, 0.5) is 23.0 Å². The lowest BCUT2D eigenvalue weighted by molar-refractivity contribution is 0.182. The van der Waals surface area contributed by atoms with Crippen molar-refractivity contribution < 1.29 is 0 Å². The van der Waals surface area contributed by atoms with E-state index in [1.54, 1.807) is 12.7 Å². The van der Waals surface area contributed by atoms with Crippen LogP contribution in [0.15, 0.2) is 108 Å². The van der Waals surface area contributed by atoms with Gasteiger partial charge in [-0.1, -0.05) is 82.3 Å². The lowest BCUT2D eigenvalue weighted by atomic mass is 10.1. The van der Waals surface area contributed by atoms with Crippen LogP contribution < -0.4 is 21.6 Å². The van der Waals surface area contributed by atoms with Crippen molar-refractivity contribution >= 4 is 79.4 Å². The Balaban J connectivity index is 0.000000188. The number of benzene rings is 3. The molecule has 0 amide bonds. The van der Waals surface area contributed by atoms with Crippen molar-refractivity contribution in [3.8, 4) is 0 Å². The second-order valence-electron chi connectivity index (χ2n) is 12.7. The number of hydrazine groups is 1. The lowest BCUT2D eigenvalue weighted by Crippen LogP contribution is -2.44. The van der Waals surface area contributed by atoms with Gasteiger partial charge in [0.1, 0.15) is 29.5 Å². The number of nitrogens with one attached hydrogen (secondary N) is 5. The van der Waals surface area contributed by atoms with Gasteiger partial charge in [-0.15, -0.1) is 0 Å². The highest BCUT2D eigenvalue weighted by Gasteiger charge is 2.27. The number of hydrogen-bond acceptors (Lipinski definition) is 14. The highest BCUT2D eigenvalue weighted by atomic mass is 35.5. The van der Waals surface area contributed by atoms with Gasteiger partial charge in [0, 0.05) is 19.7 Å². The summed E-state index contributed by atoms with van der Waals surface area (Å²) in [6, 6.07) is 20.8. The van der Waals surface area contributed by atoms with E-state index in [2.05, 4.69) is 62.5 Å². The summed E-state index contributed by atoms with van der Waals surface area (Å²) in [5.74, 6) is 2.55.